The van der Waals surface area contributed by atoms with Crippen molar-refractivity contribution in [2.24, 2.45) is 11.8 Å². The monoisotopic (exact) mass is 350 g/mol. The number of likely N-dealkylation sites (tertiary alicyclic amines) is 2. The van der Waals surface area contributed by atoms with E-state index < -0.39 is 0 Å². The number of hydrogen-bond donors (Lipinski definition) is 0. The van der Waals surface area contributed by atoms with Crippen molar-refractivity contribution in [1.29, 1.82) is 0 Å². The van der Waals surface area contributed by atoms with E-state index in [-0.39, 0.29) is 35.6 Å². The van der Waals surface area contributed by atoms with Crippen LogP contribution in [-0.2, 0) is 9.59 Å². The number of benzene rings is 1. The van der Waals surface area contributed by atoms with Crippen molar-refractivity contribution >= 4 is 28.7 Å². The lowest BCUT2D eigenvalue weighted by Gasteiger charge is -2.42. The van der Waals surface area contributed by atoms with Crippen LogP contribution in [0.3, 0.4) is 0 Å². The summed E-state index contributed by atoms with van der Waals surface area (Å²) in [6.45, 7) is 0.750. The largest absolute Gasteiger partial charge is 0.451 e. The summed E-state index contributed by atoms with van der Waals surface area (Å²) >= 11 is 0. The Morgan fingerprint density at radius 2 is 1.65 bits per heavy atom. The van der Waals surface area contributed by atoms with Crippen molar-refractivity contribution in [2.75, 3.05) is 13.1 Å². The number of allylic oxidation sites excluding steroid dienone is 2. The summed E-state index contributed by atoms with van der Waals surface area (Å²) in [5, 5.41) is 0.884. The number of fused-ring (bicyclic) bond motifs is 2. The molecule has 0 bridgehead atoms. The zero-order chi connectivity index (χ0) is 17.8. The van der Waals surface area contributed by atoms with Gasteiger partial charge in [0.15, 0.2) is 5.76 Å². The highest BCUT2D eigenvalue weighted by Gasteiger charge is 2.52. The van der Waals surface area contributed by atoms with E-state index in [1.807, 2.05) is 36.4 Å². The second kappa shape index (κ2) is 5.56. The number of carbonyl (C=O) groups excluding carboxylic acids is 3. The molecule has 6 nitrogen and oxygen atoms in total. The first-order valence-corrected chi connectivity index (χ1v) is 8.93. The Hall–Kier alpha value is -2.89. The summed E-state index contributed by atoms with van der Waals surface area (Å²) in [6, 6.07) is 8.99. The standard InChI is InChI=1S/C20H18N2O4/c23-18-14-6-2-3-7-15(14)19(24)22(18)13-10-21(11-13)20(25)17-9-12-5-1-4-8-16(12)26-17/h1-5,8-9,13-15H,6-7,10-11H2. The molecular formula is C20H18N2O4. The van der Waals surface area contributed by atoms with Gasteiger partial charge in [-0.15, -0.1) is 0 Å². The lowest BCUT2D eigenvalue weighted by molar-refractivity contribution is -0.145. The van der Waals surface area contributed by atoms with Crippen molar-refractivity contribution in [3.05, 3.63) is 48.2 Å². The molecule has 2 unspecified atom stereocenters. The molecule has 2 fully saturated rings. The number of hydrogen-bond acceptors (Lipinski definition) is 4. The van der Waals surface area contributed by atoms with E-state index in [0.29, 0.717) is 37.3 Å². The molecule has 1 aromatic heterocycles. The van der Waals surface area contributed by atoms with E-state index in [0.717, 1.165) is 5.39 Å². The summed E-state index contributed by atoms with van der Waals surface area (Å²) in [5.74, 6) is -0.493. The normalized spacial score (nSPS) is 25.7. The average molecular weight is 350 g/mol. The zero-order valence-corrected chi connectivity index (χ0v) is 14.1. The maximum atomic E-state index is 12.6. The predicted octanol–water partition coefficient (Wildman–Crippen LogP) is 2.21. The molecule has 3 heterocycles. The van der Waals surface area contributed by atoms with Gasteiger partial charge in [-0.3, -0.25) is 19.3 Å². The molecule has 2 aromatic rings. The molecule has 1 aliphatic carbocycles. The highest BCUT2D eigenvalue weighted by Crippen LogP contribution is 2.37. The number of amides is 3. The summed E-state index contributed by atoms with van der Waals surface area (Å²) in [4.78, 5) is 40.8. The Labute approximate surface area is 150 Å². The first-order chi connectivity index (χ1) is 12.6. The lowest BCUT2D eigenvalue weighted by atomic mass is 9.85. The molecule has 26 heavy (non-hydrogen) atoms. The molecule has 0 radical (unpaired) electrons. The number of imide groups is 1. The van der Waals surface area contributed by atoms with E-state index >= 15 is 0 Å². The van der Waals surface area contributed by atoms with E-state index in [1.165, 1.54) is 4.90 Å². The Morgan fingerprint density at radius 1 is 1.00 bits per heavy atom. The molecule has 0 N–H and O–H groups in total. The fraction of sp³-hybridized carbons (Fsp3) is 0.350. The molecule has 3 aliphatic rings. The first kappa shape index (κ1) is 15.4. The van der Waals surface area contributed by atoms with Gasteiger partial charge in [0.1, 0.15) is 5.58 Å². The van der Waals surface area contributed by atoms with Gasteiger partial charge in [-0.1, -0.05) is 30.4 Å². The van der Waals surface area contributed by atoms with Gasteiger partial charge in [0.25, 0.3) is 5.91 Å². The minimum Gasteiger partial charge on any atom is -0.451 e. The van der Waals surface area contributed by atoms with Gasteiger partial charge in [0.05, 0.1) is 17.9 Å². The van der Waals surface area contributed by atoms with Gasteiger partial charge < -0.3 is 9.32 Å². The molecule has 2 aliphatic heterocycles. The van der Waals surface area contributed by atoms with Gasteiger partial charge in [-0.2, -0.15) is 0 Å². The maximum absolute atomic E-state index is 12.6. The topological polar surface area (TPSA) is 70.8 Å². The van der Waals surface area contributed by atoms with Crippen LogP contribution in [0.15, 0.2) is 46.9 Å². The second-order valence-corrected chi connectivity index (χ2v) is 7.21. The highest BCUT2D eigenvalue weighted by atomic mass is 16.3. The number of carbonyl (C=O) groups is 3. The molecule has 0 saturated carbocycles. The summed E-state index contributed by atoms with van der Waals surface area (Å²) in [6.07, 6.45) is 5.24. The second-order valence-electron chi connectivity index (χ2n) is 7.21. The molecule has 3 amide bonds. The van der Waals surface area contributed by atoms with Crippen molar-refractivity contribution in [2.45, 2.75) is 18.9 Å². The molecular weight excluding hydrogens is 332 g/mol. The summed E-state index contributed by atoms with van der Waals surface area (Å²) < 4.78 is 5.62. The molecule has 5 rings (SSSR count). The highest BCUT2D eigenvalue weighted by molar-refractivity contribution is 6.06. The molecule has 0 spiro atoms. The van der Waals surface area contributed by atoms with Crippen molar-refractivity contribution in [1.82, 2.24) is 9.80 Å². The van der Waals surface area contributed by atoms with Gasteiger partial charge >= 0.3 is 0 Å². The van der Waals surface area contributed by atoms with Crippen LogP contribution in [0.25, 0.3) is 11.0 Å². The fourth-order valence-electron chi connectivity index (χ4n) is 4.21. The zero-order valence-electron chi connectivity index (χ0n) is 14.1. The van der Waals surface area contributed by atoms with E-state index in [2.05, 4.69) is 0 Å². The number of furan rings is 1. The summed E-state index contributed by atoms with van der Waals surface area (Å²) in [5.41, 5.74) is 0.675. The van der Waals surface area contributed by atoms with Crippen LogP contribution < -0.4 is 0 Å². The van der Waals surface area contributed by atoms with E-state index in [1.54, 1.807) is 11.0 Å². The Bertz CT molecular complexity index is 895. The van der Waals surface area contributed by atoms with Crippen molar-refractivity contribution in [3.63, 3.8) is 0 Å². The van der Waals surface area contributed by atoms with Gasteiger partial charge in [0, 0.05) is 18.5 Å². The van der Waals surface area contributed by atoms with Crippen molar-refractivity contribution < 1.29 is 18.8 Å². The third-order valence-electron chi connectivity index (χ3n) is 5.69. The molecule has 1 aromatic carbocycles. The first-order valence-electron chi connectivity index (χ1n) is 8.93. The Morgan fingerprint density at radius 3 is 2.31 bits per heavy atom. The van der Waals surface area contributed by atoms with E-state index in [4.69, 9.17) is 4.42 Å². The smallest absolute Gasteiger partial charge is 0.289 e. The van der Waals surface area contributed by atoms with Crippen LogP contribution in [0.4, 0.5) is 0 Å². The van der Waals surface area contributed by atoms with Gasteiger partial charge in [-0.25, -0.2) is 0 Å². The Kier molecular flexibility index (Phi) is 3.29. The minimum absolute atomic E-state index is 0.0785. The third-order valence-corrected chi connectivity index (χ3v) is 5.69. The molecule has 2 saturated heterocycles. The maximum Gasteiger partial charge on any atom is 0.289 e. The summed E-state index contributed by atoms with van der Waals surface area (Å²) in [7, 11) is 0. The van der Waals surface area contributed by atoms with Crippen LogP contribution in [0.1, 0.15) is 23.4 Å². The predicted molar refractivity (Wildman–Crippen MR) is 93.1 cm³/mol. The number of para-hydroxylation sites is 1. The van der Waals surface area contributed by atoms with Crippen LogP contribution in [0.5, 0.6) is 0 Å². The fourth-order valence-corrected chi connectivity index (χ4v) is 4.21. The lowest BCUT2D eigenvalue weighted by Crippen LogP contribution is -2.62. The quantitative estimate of drug-likeness (QED) is 0.615. The van der Waals surface area contributed by atoms with Crippen LogP contribution in [0, 0.1) is 11.8 Å². The number of rotatable bonds is 2. The SMILES string of the molecule is O=C(c1cc2ccccc2o1)N1CC(N2C(=O)C3CC=CCC3C2=O)C1. The van der Waals surface area contributed by atoms with Gasteiger partial charge in [0.2, 0.25) is 11.8 Å². The number of nitrogens with zero attached hydrogens (tertiary/aromatic N) is 2. The van der Waals surface area contributed by atoms with Crippen LogP contribution in [-0.4, -0.2) is 46.7 Å². The van der Waals surface area contributed by atoms with Crippen LogP contribution in [0.2, 0.25) is 0 Å². The Balaban J connectivity index is 1.29. The van der Waals surface area contributed by atoms with Crippen molar-refractivity contribution in [3.8, 4) is 0 Å². The van der Waals surface area contributed by atoms with Gasteiger partial charge in [-0.05, 0) is 25.0 Å². The average Bonchev–Trinajstić information content (AvgIpc) is 3.16. The van der Waals surface area contributed by atoms with Crippen LogP contribution >= 0.6 is 0 Å². The molecule has 6 heteroatoms. The molecule has 132 valence electrons. The van der Waals surface area contributed by atoms with E-state index in [9.17, 15) is 14.4 Å². The molecule has 2 atom stereocenters. The minimum atomic E-state index is -0.215. The third kappa shape index (κ3) is 2.14.